The van der Waals surface area contributed by atoms with Gasteiger partial charge in [-0.1, -0.05) is 80.4 Å². The van der Waals surface area contributed by atoms with Gasteiger partial charge in [-0.3, -0.25) is 0 Å². The minimum Gasteiger partial charge on any atom is -0.478 e. The fourth-order valence-corrected chi connectivity index (χ4v) is 4.52. The predicted molar refractivity (Wildman–Crippen MR) is 157 cm³/mol. The summed E-state index contributed by atoms with van der Waals surface area (Å²) in [6, 6.07) is 25.4. The van der Waals surface area contributed by atoms with Crippen molar-refractivity contribution in [3.8, 4) is 5.75 Å². The van der Waals surface area contributed by atoms with Crippen LogP contribution in [0.3, 0.4) is 0 Å². The molecule has 38 heavy (non-hydrogen) atoms. The van der Waals surface area contributed by atoms with Gasteiger partial charge in [0.2, 0.25) is 5.60 Å². The zero-order valence-electron chi connectivity index (χ0n) is 21.8. The summed E-state index contributed by atoms with van der Waals surface area (Å²) in [6.07, 6.45) is 6.59. The second-order valence-corrected chi connectivity index (χ2v) is 9.79. The Bertz CT molecular complexity index is 1440. The maximum Gasteiger partial charge on any atom is 0.348 e. The van der Waals surface area contributed by atoms with Gasteiger partial charge in [-0.2, -0.15) is 0 Å². The number of rotatable bonds is 12. The van der Waals surface area contributed by atoms with Gasteiger partial charge in [-0.25, -0.2) is 9.78 Å². The molecule has 1 heterocycles. The number of aromatic nitrogens is 1. The molecular weight excluding hydrogens is 496 g/mol. The van der Waals surface area contributed by atoms with Crippen LogP contribution in [-0.2, 0) is 11.3 Å². The Morgan fingerprint density at radius 3 is 2.63 bits per heavy atom. The van der Waals surface area contributed by atoms with Crippen molar-refractivity contribution in [1.82, 2.24) is 4.98 Å². The first-order valence-corrected chi connectivity index (χ1v) is 13.4. The highest BCUT2D eigenvalue weighted by Crippen LogP contribution is 2.30. The number of carboxylic acid groups (broad SMARTS) is 1. The fraction of sp³-hybridized carbons (Fsp3) is 0.250. The number of ether oxygens (including phenoxy) is 1. The molecule has 0 fully saturated rings. The predicted octanol–water partition coefficient (Wildman–Crippen LogP) is 8.47. The third kappa shape index (κ3) is 6.73. The zero-order valence-corrected chi connectivity index (χ0v) is 22.5. The third-order valence-electron chi connectivity index (χ3n) is 6.66. The Morgan fingerprint density at radius 1 is 1.03 bits per heavy atom. The number of anilines is 1. The number of hydrogen-bond donors (Lipinski definition) is 2. The van der Waals surface area contributed by atoms with E-state index in [4.69, 9.17) is 16.3 Å². The summed E-state index contributed by atoms with van der Waals surface area (Å²) in [5.74, 6) is -0.321. The lowest BCUT2D eigenvalue weighted by Crippen LogP contribution is -2.44. The first-order chi connectivity index (χ1) is 18.4. The molecule has 0 aliphatic heterocycles. The number of para-hydroxylation sites is 1. The van der Waals surface area contributed by atoms with Gasteiger partial charge < -0.3 is 15.2 Å². The van der Waals surface area contributed by atoms with Gasteiger partial charge in [-0.05, 0) is 67.3 Å². The maximum absolute atomic E-state index is 12.2. The van der Waals surface area contributed by atoms with E-state index in [0.29, 0.717) is 30.2 Å². The van der Waals surface area contributed by atoms with Crippen LogP contribution < -0.4 is 10.1 Å². The number of nitrogens with one attached hydrogen (secondary N) is 1. The molecule has 0 spiro atoms. The molecule has 0 aliphatic carbocycles. The number of unbranched alkanes of at least 4 members (excludes halogenated alkanes) is 1. The van der Waals surface area contributed by atoms with E-state index >= 15 is 0 Å². The molecule has 1 atom stereocenters. The molecule has 6 heteroatoms. The van der Waals surface area contributed by atoms with Crippen LogP contribution in [-0.4, -0.2) is 21.7 Å². The molecule has 0 aliphatic rings. The molecule has 0 unspecified atom stereocenters. The third-order valence-corrected chi connectivity index (χ3v) is 6.90. The van der Waals surface area contributed by atoms with Gasteiger partial charge in [0.05, 0.1) is 11.2 Å². The van der Waals surface area contributed by atoms with Crippen LogP contribution in [0, 0.1) is 0 Å². The quantitative estimate of drug-likeness (QED) is 0.193. The molecule has 1 aromatic heterocycles. The van der Waals surface area contributed by atoms with Crippen LogP contribution >= 0.6 is 11.6 Å². The van der Waals surface area contributed by atoms with Crippen LogP contribution in [0.25, 0.3) is 23.1 Å². The molecule has 4 aromatic rings. The van der Waals surface area contributed by atoms with E-state index in [1.165, 1.54) is 0 Å². The van der Waals surface area contributed by atoms with Crippen LogP contribution in [0.4, 0.5) is 5.69 Å². The molecular formula is C32H33ClN2O3. The first kappa shape index (κ1) is 27.2. The van der Waals surface area contributed by atoms with Crippen LogP contribution in [0.2, 0.25) is 5.02 Å². The van der Waals surface area contributed by atoms with Gasteiger partial charge in [0, 0.05) is 28.2 Å². The summed E-state index contributed by atoms with van der Waals surface area (Å²) in [4.78, 5) is 16.9. The van der Waals surface area contributed by atoms with E-state index in [9.17, 15) is 9.90 Å². The monoisotopic (exact) mass is 528 g/mol. The van der Waals surface area contributed by atoms with E-state index in [1.54, 1.807) is 0 Å². The number of aliphatic carboxylic acids is 1. The van der Waals surface area contributed by atoms with Crippen LogP contribution in [0.15, 0.2) is 78.9 Å². The van der Waals surface area contributed by atoms with Gasteiger partial charge in [-0.15, -0.1) is 0 Å². The van der Waals surface area contributed by atoms with E-state index in [0.717, 1.165) is 46.3 Å². The van der Waals surface area contributed by atoms with E-state index in [1.807, 2.05) is 91.9 Å². The lowest BCUT2D eigenvalue weighted by atomic mass is 9.93. The van der Waals surface area contributed by atoms with E-state index in [-0.39, 0.29) is 0 Å². The number of halogens is 1. The SMILES string of the molecule is CCCC[C@](CC)(Oc1ccccc1CNc1cccc(/C=C/c2ccc3ccc(Cl)cc3n2)c1)C(=O)O. The minimum atomic E-state index is -1.22. The number of benzene rings is 3. The summed E-state index contributed by atoms with van der Waals surface area (Å²) >= 11 is 6.12. The Hall–Kier alpha value is -3.83. The first-order valence-electron chi connectivity index (χ1n) is 13.0. The summed E-state index contributed by atoms with van der Waals surface area (Å²) in [5.41, 5.74) is 3.38. The Balaban J connectivity index is 1.47. The minimum absolute atomic E-state index is 0.400. The van der Waals surface area contributed by atoms with Crippen molar-refractivity contribution in [2.75, 3.05) is 5.32 Å². The van der Waals surface area contributed by atoms with Crippen molar-refractivity contribution in [1.29, 1.82) is 0 Å². The molecule has 2 N–H and O–H groups in total. The van der Waals surface area contributed by atoms with Crippen LogP contribution in [0.5, 0.6) is 5.75 Å². The number of hydrogen-bond acceptors (Lipinski definition) is 4. The average Bonchev–Trinajstić information content (AvgIpc) is 2.93. The molecule has 0 radical (unpaired) electrons. The lowest BCUT2D eigenvalue weighted by Gasteiger charge is -2.30. The fourth-order valence-electron chi connectivity index (χ4n) is 4.35. The summed E-state index contributed by atoms with van der Waals surface area (Å²) in [5, 5.41) is 15.2. The summed E-state index contributed by atoms with van der Waals surface area (Å²) in [6.45, 7) is 4.42. The maximum atomic E-state index is 12.2. The highest BCUT2D eigenvalue weighted by atomic mass is 35.5. The Morgan fingerprint density at radius 2 is 1.84 bits per heavy atom. The summed E-state index contributed by atoms with van der Waals surface area (Å²) < 4.78 is 6.22. The molecule has 0 saturated carbocycles. The molecule has 5 nitrogen and oxygen atoms in total. The van der Waals surface area contributed by atoms with Crippen molar-refractivity contribution in [2.45, 2.75) is 51.7 Å². The molecule has 4 rings (SSSR count). The highest BCUT2D eigenvalue weighted by molar-refractivity contribution is 6.31. The van der Waals surface area contributed by atoms with Gasteiger partial charge in [0.25, 0.3) is 0 Å². The molecule has 0 bridgehead atoms. The number of fused-ring (bicyclic) bond motifs is 1. The van der Waals surface area contributed by atoms with E-state index in [2.05, 4.69) is 23.3 Å². The van der Waals surface area contributed by atoms with Gasteiger partial charge >= 0.3 is 5.97 Å². The van der Waals surface area contributed by atoms with Crippen LogP contribution in [0.1, 0.15) is 56.4 Å². The number of carboxylic acids is 1. The number of nitrogens with zero attached hydrogens (tertiary/aromatic N) is 1. The molecule has 3 aromatic carbocycles. The van der Waals surface area contributed by atoms with Crippen molar-refractivity contribution < 1.29 is 14.6 Å². The molecule has 196 valence electrons. The average molecular weight is 529 g/mol. The normalized spacial score (nSPS) is 12.9. The van der Waals surface area contributed by atoms with Gasteiger partial charge in [0.15, 0.2) is 0 Å². The summed E-state index contributed by atoms with van der Waals surface area (Å²) in [7, 11) is 0. The number of pyridine rings is 1. The standard InChI is InChI=1S/C32H33ClN2O3/c1-3-5-19-32(4-2,31(36)37)38-30-12-7-6-10-25(30)22-34-28-11-8-9-23(20-28)13-17-27-18-15-24-14-16-26(33)21-29(24)35-27/h6-18,20-21,34H,3-5,19,22H2,1-2H3,(H,36,37)/b17-13+/t32-/m0/s1. The smallest absolute Gasteiger partial charge is 0.348 e. The highest BCUT2D eigenvalue weighted by Gasteiger charge is 2.39. The Kier molecular flexibility index (Phi) is 9.03. The largest absolute Gasteiger partial charge is 0.478 e. The van der Waals surface area contributed by atoms with Crippen molar-refractivity contribution in [3.05, 3.63) is 101 Å². The molecule has 0 saturated heterocycles. The topological polar surface area (TPSA) is 71.5 Å². The lowest BCUT2D eigenvalue weighted by molar-refractivity contribution is -0.156. The second kappa shape index (κ2) is 12.6. The van der Waals surface area contributed by atoms with Crippen molar-refractivity contribution in [2.24, 2.45) is 0 Å². The van der Waals surface area contributed by atoms with Gasteiger partial charge in [0.1, 0.15) is 5.75 Å². The Labute approximate surface area is 229 Å². The van der Waals surface area contributed by atoms with Crippen molar-refractivity contribution in [3.63, 3.8) is 0 Å². The number of carbonyl (C=O) groups is 1. The zero-order chi connectivity index (χ0) is 27.0. The van der Waals surface area contributed by atoms with E-state index < -0.39 is 11.6 Å². The second-order valence-electron chi connectivity index (χ2n) is 9.35. The molecule has 0 amide bonds. The van der Waals surface area contributed by atoms with Crippen molar-refractivity contribution >= 4 is 46.3 Å².